The number of carbonyl (C=O) groups is 5. The van der Waals surface area contributed by atoms with Gasteiger partial charge in [0.05, 0.1) is 38.8 Å². The second-order valence-corrected chi connectivity index (χ2v) is 12.9. The average Bonchev–Trinajstić information content (AvgIpc) is 3.11. The maximum Gasteiger partial charge on any atom is 0.317 e. The first-order chi connectivity index (χ1) is 25.1. The first kappa shape index (κ1) is 40.0. The summed E-state index contributed by atoms with van der Waals surface area (Å²) < 4.78 is 0. The minimum Gasteiger partial charge on any atom is -0.480 e. The molecule has 1 heterocycles. The molecule has 3 aromatic rings. The fraction of sp³-hybridized carbons (Fsp3) is 0.432. The van der Waals surface area contributed by atoms with Crippen LogP contribution in [-0.2, 0) is 48.4 Å². The predicted octanol–water partition coefficient (Wildman–Crippen LogP) is 0.164. The Kier molecular flexibility index (Phi) is 16.1. The Morgan fingerprint density at radius 3 is 1.81 bits per heavy atom. The summed E-state index contributed by atoms with van der Waals surface area (Å²) >= 11 is 0. The van der Waals surface area contributed by atoms with Crippen molar-refractivity contribution < 1.29 is 39.0 Å². The highest BCUT2D eigenvalue weighted by atomic mass is 16.6. The summed E-state index contributed by atoms with van der Waals surface area (Å²) in [6.45, 7) is 3.56. The Balaban J connectivity index is 1.23. The standard InChI is InChI=1S/C37H49N7O8/c38-33(22-30-9-10-31-3-1-2-4-32(31)21-30)37(51)40-52-27-29-7-5-28(6-8-29)23-39-34(46)24-42-15-17-43(25-35(47)48)13-11-41(19-20-45)12-14-44(18-16-42)26-36(49)50/h1-10,20-21,33H,11-19,22-27,38H2,(H,39,46)(H,40,51)(H,47,48)(H,49,50)/t33-/m1/s1. The largest absolute Gasteiger partial charge is 0.480 e. The summed E-state index contributed by atoms with van der Waals surface area (Å²) in [4.78, 5) is 72.5. The van der Waals surface area contributed by atoms with Gasteiger partial charge in [-0.1, -0.05) is 66.7 Å². The summed E-state index contributed by atoms with van der Waals surface area (Å²) in [5.41, 5.74) is 11.2. The van der Waals surface area contributed by atoms with E-state index in [4.69, 9.17) is 10.6 Å². The van der Waals surface area contributed by atoms with Gasteiger partial charge in [-0.3, -0.25) is 43.6 Å². The summed E-state index contributed by atoms with van der Waals surface area (Å²) in [5, 5.41) is 24.0. The van der Waals surface area contributed by atoms with Crippen molar-refractivity contribution in [2.75, 3.05) is 78.5 Å². The molecule has 15 heteroatoms. The molecule has 6 N–H and O–H groups in total. The molecule has 280 valence electrons. The normalized spacial score (nSPS) is 16.3. The van der Waals surface area contributed by atoms with Crippen molar-refractivity contribution in [3.63, 3.8) is 0 Å². The van der Waals surface area contributed by atoms with E-state index in [1.165, 1.54) is 0 Å². The van der Waals surface area contributed by atoms with Crippen molar-refractivity contribution in [2.45, 2.75) is 25.6 Å². The van der Waals surface area contributed by atoms with Crippen molar-refractivity contribution in [1.29, 1.82) is 0 Å². The maximum atomic E-state index is 13.0. The van der Waals surface area contributed by atoms with Gasteiger partial charge in [0.2, 0.25) is 5.91 Å². The summed E-state index contributed by atoms with van der Waals surface area (Å²) in [7, 11) is 0. The Bertz CT molecular complexity index is 1610. The van der Waals surface area contributed by atoms with Gasteiger partial charge in [0.15, 0.2) is 0 Å². The number of rotatable bonds is 16. The van der Waals surface area contributed by atoms with Crippen LogP contribution in [0.2, 0.25) is 0 Å². The molecule has 0 aromatic heterocycles. The molecule has 0 saturated carbocycles. The van der Waals surface area contributed by atoms with Gasteiger partial charge in [0.1, 0.15) is 6.29 Å². The monoisotopic (exact) mass is 719 g/mol. The third kappa shape index (κ3) is 14.1. The molecule has 1 fully saturated rings. The van der Waals surface area contributed by atoms with Crippen LogP contribution in [0.1, 0.15) is 16.7 Å². The van der Waals surface area contributed by atoms with Gasteiger partial charge in [-0.2, -0.15) is 0 Å². The predicted molar refractivity (Wildman–Crippen MR) is 194 cm³/mol. The van der Waals surface area contributed by atoms with Gasteiger partial charge < -0.3 is 26.1 Å². The number of benzene rings is 3. The van der Waals surface area contributed by atoms with Gasteiger partial charge in [0, 0.05) is 58.9 Å². The number of aldehydes is 1. The SMILES string of the molecule is N[C@H](Cc1ccc2ccccc2c1)C(=O)NOCc1ccc(CNC(=O)CN2CCN(CC(=O)O)CCN(CC=O)CCN(CC(=O)O)CC2)cc1. The number of nitrogens with two attached hydrogens (primary N) is 1. The van der Waals surface area contributed by atoms with E-state index in [0.717, 1.165) is 33.7 Å². The quantitative estimate of drug-likeness (QED) is 0.0993. The van der Waals surface area contributed by atoms with Crippen LogP contribution in [0.25, 0.3) is 10.8 Å². The van der Waals surface area contributed by atoms with E-state index >= 15 is 0 Å². The van der Waals surface area contributed by atoms with Gasteiger partial charge >= 0.3 is 11.9 Å². The highest BCUT2D eigenvalue weighted by Crippen LogP contribution is 2.16. The van der Waals surface area contributed by atoms with E-state index in [2.05, 4.69) is 10.8 Å². The fourth-order valence-corrected chi connectivity index (χ4v) is 5.92. The van der Waals surface area contributed by atoms with Crippen molar-refractivity contribution in [3.8, 4) is 0 Å². The number of nitrogens with zero attached hydrogens (tertiary/aromatic N) is 4. The van der Waals surface area contributed by atoms with Gasteiger partial charge in [-0.25, -0.2) is 5.48 Å². The molecule has 0 spiro atoms. The maximum absolute atomic E-state index is 13.0. The minimum absolute atomic E-state index is 0.0493. The molecule has 15 nitrogen and oxygen atoms in total. The molecule has 2 amide bonds. The lowest BCUT2D eigenvalue weighted by Crippen LogP contribution is -2.49. The third-order valence-corrected chi connectivity index (χ3v) is 8.88. The number of aliphatic carboxylic acids is 2. The van der Waals surface area contributed by atoms with Crippen LogP contribution in [0.3, 0.4) is 0 Å². The van der Waals surface area contributed by atoms with E-state index in [1.807, 2.05) is 76.5 Å². The van der Waals surface area contributed by atoms with Crippen molar-refractivity contribution in [1.82, 2.24) is 30.4 Å². The minimum atomic E-state index is -0.967. The second-order valence-electron chi connectivity index (χ2n) is 12.9. The molecule has 1 atom stereocenters. The third-order valence-electron chi connectivity index (χ3n) is 8.88. The Morgan fingerprint density at radius 1 is 0.712 bits per heavy atom. The van der Waals surface area contributed by atoms with Crippen LogP contribution in [0.15, 0.2) is 66.7 Å². The van der Waals surface area contributed by atoms with Crippen LogP contribution in [0.4, 0.5) is 0 Å². The summed E-state index contributed by atoms with van der Waals surface area (Å²) in [6, 6.07) is 20.6. The number of fused-ring (bicyclic) bond motifs is 1. The Labute approximate surface area is 303 Å². The lowest BCUT2D eigenvalue weighted by Gasteiger charge is -2.32. The Morgan fingerprint density at radius 2 is 1.23 bits per heavy atom. The van der Waals surface area contributed by atoms with Crippen LogP contribution >= 0.6 is 0 Å². The van der Waals surface area contributed by atoms with E-state index in [-0.39, 0.29) is 45.2 Å². The first-order valence-corrected chi connectivity index (χ1v) is 17.3. The average molecular weight is 720 g/mol. The number of amides is 2. The van der Waals surface area contributed by atoms with Gasteiger partial charge in [-0.05, 0) is 33.9 Å². The smallest absolute Gasteiger partial charge is 0.317 e. The number of nitrogens with one attached hydrogen (secondary N) is 2. The molecule has 1 aliphatic heterocycles. The first-order valence-electron chi connectivity index (χ1n) is 17.3. The van der Waals surface area contributed by atoms with Crippen molar-refractivity contribution in [2.24, 2.45) is 5.73 Å². The molecule has 0 radical (unpaired) electrons. The lowest BCUT2D eigenvalue weighted by molar-refractivity contribution is -0.139. The van der Waals surface area contributed by atoms with Crippen molar-refractivity contribution in [3.05, 3.63) is 83.4 Å². The number of hydrogen-bond donors (Lipinski definition) is 5. The number of carboxylic acid groups (broad SMARTS) is 2. The number of carbonyl (C=O) groups excluding carboxylic acids is 3. The molecular formula is C37H49N7O8. The molecule has 1 aliphatic rings. The molecule has 52 heavy (non-hydrogen) atoms. The zero-order valence-corrected chi connectivity index (χ0v) is 29.3. The van der Waals surface area contributed by atoms with E-state index < -0.39 is 23.9 Å². The summed E-state index contributed by atoms with van der Waals surface area (Å²) in [5.74, 6) is -2.58. The summed E-state index contributed by atoms with van der Waals surface area (Å²) in [6.07, 6.45) is 1.15. The van der Waals surface area contributed by atoms with Gasteiger partial charge in [-0.15, -0.1) is 0 Å². The van der Waals surface area contributed by atoms with Crippen LogP contribution in [0, 0.1) is 0 Å². The fourth-order valence-electron chi connectivity index (χ4n) is 5.92. The van der Waals surface area contributed by atoms with Crippen molar-refractivity contribution >= 4 is 40.8 Å². The number of hydroxylamine groups is 1. The molecule has 4 rings (SSSR count). The zero-order chi connectivity index (χ0) is 37.3. The molecule has 0 unspecified atom stereocenters. The highest BCUT2D eigenvalue weighted by molar-refractivity contribution is 5.84. The lowest BCUT2D eigenvalue weighted by atomic mass is 10.0. The highest BCUT2D eigenvalue weighted by Gasteiger charge is 2.20. The molecule has 0 bridgehead atoms. The number of hydrogen-bond acceptors (Lipinski definition) is 11. The van der Waals surface area contributed by atoms with E-state index in [0.29, 0.717) is 58.8 Å². The van der Waals surface area contributed by atoms with Crippen LogP contribution in [0.5, 0.6) is 0 Å². The van der Waals surface area contributed by atoms with E-state index in [9.17, 15) is 34.2 Å². The molecule has 0 aliphatic carbocycles. The molecule has 3 aromatic carbocycles. The van der Waals surface area contributed by atoms with Crippen LogP contribution in [-0.4, -0.2) is 144 Å². The molecular weight excluding hydrogens is 670 g/mol. The van der Waals surface area contributed by atoms with E-state index in [1.54, 1.807) is 9.80 Å². The Hall–Kier alpha value is -4.77. The second kappa shape index (κ2) is 20.9. The van der Waals surface area contributed by atoms with Crippen LogP contribution < -0.4 is 16.5 Å². The topological polar surface area (TPSA) is 198 Å². The number of carboxylic acids is 2. The zero-order valence-electron chi connectivity index (χ0n) is 29.3. The molecule has 1 saturated heterocycles. The van der Waals surface area contributed by atoms with Gasteiger partial charge in [0.25, 0.3) is 5.91 Å².